The lowest BCUT2D eigenvalue weighted by Crippen LogP contribution is -2.27. The molecule has 0 aliphatic heterocycles. The van der Waals surface area contributed by atoms with Gasteiger partial charge in [-0.15, -0.1) is 0 Å². The van der Waals surface area contributed by atoms with Crippen molar-refractivity contribution >= 4 is 15.7 Å². The molecule has 2 rings (SSSR count). The SMILES string of the molecule is CCCCN(CCCC)c1cc(C#N)cc(S(N)(=O)=O)c1Oc1ccc(C)cc1. The summed E-state index contributed by atoms with van der Waals surface area (Å²) in [6.45, 7) is 7.63. The molecule has 0 saturated carbocycles. The molecule has 2 aromatic rings. The number of nitriles is 1. The van der Waals surface area contributed by atoms with Crippen molar-refractivity contribution in [2.75, 3.05) is 18.0 Å². The number of benzene rings is 2. The van der Waals surface area contributed by atoms with Crippen LogP contribution in [0.1, 0.15) is 50.7 Å². The zero-order valence-electron chi connectivity index (χ0n) is 17.3. The third kappa shape index (κ3) is 6.21. The molecule has 29 heavy (non-hydrogen) atoms. The van der Waals surface area contributed by atoms with Crippen molar-refractivity contribution in [1.29, 1.82) is 5.26 Å². The second-order valence-electron chi connectivity index (χ2n) is 7.09. The summed E-state index contributed by atoms with van der Waals surface area (Å²) in [5, 5.41) is 14.9. The number of ether oxygens (including phenoxy) is 1. The lowest BCUT2D eigenvalue weighted by atomic mass is 10.1. The van der Waals surface area contributed by atoms with Gasteiger partial charge in [-0.1, -0.05) is 44.4 Å². The maximum Gasteiger partial charge on any atom is 0.241 e. The van der Waals surface area contributed by atoms with Crippen molar-refractivity contribution in [3.05, 3.63) is 47.5 Å². The minimum Gasteiger partial charge on any atom is -0.454 e. The molecule has 0 spiro atoms. The van der Waals surface area contributed by atoms with Gasteiger partial charge in [0, 0.05) is 13.1 Å². The van der Waals surface area contributed by atoms with Crippen LogP contribution >= 0.6 is 0 Å². The minimum atomic E-state index is -4.09. The first kappa shape index (κ1) is 22.7. The molecule has 2 N–H and O–H groups in total. The van der Waals surface area contributed by atoms with Crippen LogP contribution in [0.15, 0.2) is 41.3 Å². The Hall–Kier alpha value is -2.56. The van der Waals surface area contributed by atoms with E-state index in [-0.39, 0.29) is 16.2 Å². The summed E-state index contributed by atoms with van der Waals surface area (Å²) in [5.74, 6) is 0.681. The highest BCUT2D eigenvalue weighted by Gasteiger charge is 2.24. The Morgan fingerprint density at radius 1 is 1.07 bits per heavy atom. The van der Waals surface area contributed by atoms with E-state index in [0.717, 1.165) is 44.3 Å². The fraction of sp³-hybridized carbons (Fsp3) is 0.409. The predicted molar refractivity (Wildman–Crippen MR) is 116 cm³/mol. The average molecular weight is 416 g/mol. The highest BCUT2D eigenvalue weighted by molar-refractivity contribution is 7.89. The smallest absolute Gasteiger partial charge is 0.241 e. The Balaban J connectivity index is 2.67. The molecule has 0 aromatic heterocycles. The Kier molecular flexibility index (Phi) is 8.06. The summed E-state index contributed by atoms with van der Waals surface area (Å²) in [5.41, 5.74) is 1.88. The summed E-state index contributed by atoms with van der Waals surface area (Å²) in [6.07, 6.45) is 3.87. The molecule has 0 fully saturated rings. The molecule has 0 unspecified atom stereocenters. The first-order chi connectivity index (χ1) is 13.8. The average Bonchev–Trinajstić information content (AvgIpc) is 2.69. The summed E-state index contributed by atoms with van der Waals surface area (Å²) in [7, 11) is -4.09. The molecule has 0 heterocycles. The largest absolute Gasteiger partial charge is 0.454 e. The van der Waals surface area contributed by atoms with Gasteiger partial charge in [-0.2, -0.15) is 5.26 Å². The number of primary sulfonamides is 1. The maximum atomic E-state index is 12.3. The van der Waals surface area contributed by atoms with E-state index in [1.165, 1.54) is 6.07 Å². The lowest BCUT2D eigenvalue weighted by molar-refractivity contribution is 0.465. The van der Waals surface area contributed by atoms with Crippen LogP contribution in [0.5, 0.6) is 11.5 Å². The van der Waals surface area contributed by atoms with Crippen molar-refractivity contribution in [3.63, 3.8) is 0 Å². The number of aryl methyl sites for hydroxylation is 1. The standard InChI is InChI=1S/C22H29N3O3S/c1-4-6-12-25(13-7-5-2)20-14-18(16-23)15-21(29(24,26)27)22(20)28-19-10-8-17(3)9-11-19/h8-11,14-15H,4-7,12-13H2,1-3H3,(H2,24,26,27). The van der Waals surface area contributed by atoms with Crippen LogP contribution in [0, 0.1) is 18.3 Å². The fourth-order valence-corrected chi connectivity index (χ4v) is 3.67. The van der Waals surface area contributed by atoms with Crippen LogP contribution in [0.3, 0.4) is 0 Å². The minimum absolute atomic E-state index is 0.169. The monoisotopic (exact) mass is 415 g/mol. The van der Waals surface area contributed by atoms with Crippen LogP contribution in [0.4, 0.5) is 5.69 Å². The zero-order valence-corrected chi connectivity index (χ0v) is 18.1. The summed E-state index contributed by atoms with van der Waals surface area (Å²) < 4.78 is 30.7. The molecule has 0 atom stereocenters. The maximum absolute atomic E-state index is 12.3. The predicted octanol–water partition coefficient (Wildman–Crippen LogP) is 4.71. The summed E-state index contributed by atoms with van der Waals surface area (Å²) >= 11 is 0. The van der Waals surface area contributed by atoms with Crippen molar-refractivity contribution in [1.82, 2.24) is 0 Å². The van der Waals surface area contributed by atoms with Gasteiger partial charge in [-0.3, -0.25) is 0 Å². The van der Waals surface area contributed by atoms with Gasteiger partial charge in [-0.05, 0) is 44.0 Å². The van der Waals surface area contributed by atoms with Crippen molar-refractivity contribution in [2.45, 2.75) is 51.3 Å². The molecule has 0 bridgehead atoms. The third-order valence-electron chi connectivity index (χ3n) is 4.62. The van der Waals surface area contributed by atoms with E-state index in [4.69, 9.17) is 9.88 Å². The molecular weight excluding hydrogens is 386 g/mol. The van der Waals surface area contributed by atoms with Crippen molar-refractivity contribution < 1.29 is 13.2 Å². The quantitative estimate of drug-likeness (QED) is 0.606. The molecule has 0 aliphatic rings. The summed E-state index contributed by atoms with van der Waals surface area (Å²) in [4.78, 5) is 1.91. The number of hydrogen-bond acceptors (Lipinski definition) is 5. The Morgan fingerprint density at radius 2 is 1.66 bits per heavy atom. The molecule has 2 aromatic carbocycles. The van der Waals surface area contributed by atoms with Crippen LogP contribution in [-0.4, -0.2) is 21.5 Å². The van der Waals surface area contributed by atoms with E-state index in [0.29, 0.717) is 11.4 Å². The summed E-state index contributed by atoms with van der Waals surface area (Å²) in [6, 6.07) is 12.4. The highest BCUT2D eigenvalue weighted by Crippen LogP contribution is 2.39. The van der Waals surface area contributed by atoms with E-state index in [1.807, 2.05) is 25.1 Å². The van der Waals surface area contributed by atoms with Crippen LogP contribution in [-0.2, 0) is 10.0 Å². The molecule has 0 aliphatic carbocycles. The van der Waals surface area contributed by atoms with Crippen molar-refractivity contribution in [3.8, 4) is 17.6 Å². The number of unbranched alkanes of at least 4 members (excludes halogenated alkanes) is 2. The molecule has 0 saturated heterocycles. The van der Waals surface area contributed by atoms with Gasteiger partial charge in [0.1, 0.15) is 10.6 Å². The molecule has 0 amide bonds. The highest BCUT2D eigenvalue weighted by atomic mass is 32.2. The Morgan fingerprint density at radius 3 is 2.14 bits per heavy atom. The number of rotatable bonds is 10. The van der Waals surface area contributed by atoms with Gasteiger partial charge in [0.15, 0.2) is 5.75 Å². The van der Waals surface area contributed by atoms with E-state index in [2.05, 4.69) is 18.7 Å². The lowest BCUT2D eigenvalue weighted by Gasteiger charge is -2.28. The molecule has 156 valence electrons. The topological polar surface area (TPSA) is 96.4 Å². The van der Waals surface area contributed by atoms with Crippen LogP contribution in [0.2, 0.25) is 0 Å². The zero-order chi connectivity index (χ0) is 21.4. The first-order valence-electron chi connectivity index (χ1n) is 9.90. The van der Waals surface area contributed by atoms with E-state index in [9.17, 15) is 13.7 Å². The third-order valence-corrected chi connectivity index (χ3v) is 5.53. The molecular formula is C22H29N3O3S. The van der Waals surface area contributed by atoms with Crippen LogP contribution < -0.4 is 14.8 Å². The second kappa shape index (κ2) is 10.3. The van der Waals surface area contributed by atoms with Gasteiger partial charge in [0.25, 0.3) is 0 Å². The van der Waals surface area contributed by atoms with E-state index >= 15 is 0 Å². The number of sulfonamides is 1. The van der Waals surface area contributed by atoms with Gasteiger partial charge in [0.2, 0.25) is 10.0 Å². The number of nitrogens with two attached hydrogens (primary N) is 1. The van der Waals surface area contributed by atoms with Crippen molar-refractivity contribution in [2.24, 2.45) is 5.14 Å². The Labute approximate surface area is 174 Å². The van der Waals surface area contributed by atoms with Gasteiger partial charge in [0.05, 0.1) is 17.3 Å². The van der Waals surface area contributed by atoms with E-state index < -0.39 is 10.0 Å². The second-order valence-corrected chi connectivity index (χ2v) is 8.62. The molecule has 7 heteroatoms. The van der Waals surface area contributed by atoms with Gasteiger partial charge >= 0.3 is 0 Å². The van der Waals surface area contributed by atoms with Crippen LogP contribution in [0.25, 0.3) is 0 Å². The van der Waals surface area contributed by atoms with E-state index in [1.54, 1.807) is 18.2 Å². The van der Waals surface area contributed by atoms with Gasteiger partial charge < -0.3 is 9.64 Å². The molecule has 0 radical (unpaired) electrons. The first-order valence-corrected chi connectivity index (χ1v) is 11.4. The van der Waals surface area contributed by atoms with Gasteiger partial charge in [-0.25, -0.2) is 13.6 Å². The number of nitrogens with zero attached hydrogens (tertiary/aromatic N) is 2. The molecule has 6 nitrogen and oxygen atoms in total. The number of hydrogen-bond donors (Lipinski definition) is 1. The Bertz CT molecular complexity index is 956. The fourth-order valence-electron chi connectivity index (χ4n) is 2.98. The normalized spacial score (nSPS) is 11.1. The number of anilines is 1.